The van der Waals surface area contributed by atoms with Crippen LogP contribution in [0.4, 0.5) is 5.69 Å². The summed E-state index contributed by atoms with van der Waals surface area (Å²) >= 11 is 0. The molecule has 0 aliphatic carbocycles. The van der Waals surface area contributed by atoms with Crippen LogP contribution in [0.1, 0.15) is 12.0 Å². The molecular weight excluding hydrogens is 349 g/mol. The van der Waals surface area contributed by atoms with Crippen molar-refractivity contribution in [1.82, 2.24) is 10.2 Å². The van der Waals surface area contributed by atoms with E-state index in [0.717, 1.165) is 45.8 Å². The van der Waals surface area contributed by atoms with E-state index in [1.165, 1.54) is 11.3 Å². The van der Waals surface area contributed by atoms with Gasteiger partial charge in [0.25, 0.3) is 0 Å². The van der Waals surface area contributed by atoms with Crippen molar-refractivity contribution in [3.63, 3.8) is 0 Å². The number of carbonyl (C=O) groups is 1. The van der Waals surface area contributed by atoms with Gasteiger partial charge in [-0.15, -0.1) is 24.8 Å². The second-order valence-corrected chi connectivity index (χ2v) is 6.11. The minimum atomic E-state index is 0. The van der Waals surface area contributed by atoms with Gasteiger partial charge in [-0.25, -0.2) is 0 Å². The number of amides is 1. The summed E-state index contributed by atoms with van der Waals surface area (Å²) in [4.78, 5) is 16.7. The molecule has 0 bridgehead atoms. The summed E-state index contributed by atoms with van der Waals surface area (Å²) in [5, 5.41) is 3.27. The number of rotatable bonds is 4. The van der Waals surface area contributed by atoms with Crippen LogP contribution in [0, 0.1) is 5.92 Å². The number of nitrogens with zero attached hydrogens (tertiary/aromatic N) is 2. The lowest BCUT2D eigenvalue weighted by molar-refractivity contribution is -0.134. The van der Waals surface area contributed by atoms with Crippen molar-refractivity contribution in [2.75, 3.05) is 51.3 Å². The van der Waals surface area contributed by atoms with Crippen molar-refractivity contribution in [1.29, 1.82) is 0 Å². The quantitative estimate of drug-likeness (QED) is 0.873. The van der Waals surface area contributed by atoms with Gasteiger partial charge in [-0.3, -0.25) is 4.79 Å². The molecule has 0 radical (unpaired) electrons. The monoisotopic (exact) mass is 375 g/mol. The normalized spacial score (nSPS) is 20.0. The molecule has 7 heteroatoms. The van der Waals surface area contributed by atoms with Crippen LogP contribution in [0.3, 0.4) is 0 Å². The van der Waals surface area contributed by atoms with Gasteiger partial charge in [0.15, 0.2) is 0 Å². The molecule has 2 heterocycles. The molecule has 5 nitrogen and oxygen atoms in total. The van der Waals surface area contributed by atoms with Crippen molar-refractivity contribution < 1.29 is 9.53 Å². The zero-order valence-corrected chi connectivity index (χ0v) is 15.7. The average molecular weight is 376 g/mol. The fourth-order valence-electron chi connectivity index (χ4n) is 3.27. The Balaban J connectivity index is 0.00000144. The van der Waals surface area contributed by atoms with E-state index in [0.29, 0.717) is 6.54 Å². The van der Waals surface area contributed by atoms with Gasteiger partial charge in [0.05, 0.1) is 19.1 Å². The van der Waals surface area contributed by atoms with Gasteiger partial charge in [-0.1, -0.05) is 18.2 Å². The van der Waals surface area contributed by atoms with Crippen LogP contribution >= 0.6 is 24.8 Å². The highest BCUT2D eigenvalue weighted by molar-refractivity contribution is 5.85. The molecule has 2 fully saturated rings. The van der Waals surface area contributed by atoms with Gasteiger partial charge in [0.2, 0.25) is 5.91 Å². The SMILES string of the molecule is CN(Cc1ccccc1N1CCOCC1)C(=O)C1CCNC1.Cl.Cl. The van der Waals surface area contributed by atoms with Gasteiger partial charge >= 0.3 is 0 Å². The first-order chi connectivity index (χ1) is 10.8. The number of nitrogens with one attached hydrogen (secondary N) is 1. The van der Waals surface area contributed by atoms with Gasteiger partial charge in [-0.2, -0.15) is 0 Å². The topological polar surface area (TPSA) is 44.8 Å². The zero-order valence-electron chi connectivity index (χ0n) is 14.1. The van der Waals surface area contributed by atoms with Crippen molar-refractivity contribution in [3.8, 4) is 0 Å². The van der Waals surface area contributed by atoms with E-state index in [-0.39, 0.29) is 36.6 Å². The molecule has 1 unspecified atom stereocenters. The lowest BCUT2D eigenvalue weighted by atomic mass is 10.1. The molecule has 3 rings (SSSR count). The Labute approximate surface area is 156 Å². The maximum Gasteiger partial charge on any atom is 0.227 e. The number of ether oxygens (including phenoxy) is 1. The standard InChI is InChI=1S/C17H25N3O2.2ClH/c1-19(17(21)14-6-7-18-12-14)13-15-4-2-3-5-16(15)20-8-10-22-11-9-20;;/h2-5,14,18H,6-13H2,1H3;2*1H. The summed E-state index contributed by atoms with van der Waals surface area (Å²) < 4.78 is 5.43. The summed E-state index contributed by atoms with van der Waals surface area (Å²) in [6.45, 7) is 5.82. The molecule has 0 saturated carbocycles. The molecule has 0 aromatic heterocycles. The van der Waals surface area contributed by atoms with Gasteiger partial charge in [0.1, 0.15) is 0 Å². The summed E-state index contributed by atoms with van der Waals surface area (Å²) in [6.07, 6.45) is 0.953. The summed E-state index contributed by atoms with van der Waals surface area (Å²) in [6, 6.07) is 8.39. The second kappa shape index (κ2) is 10.1. The first-order valence-corrected chi connectivity index (χ1v) is 8.12. The fourth-order valence-corrected chi connectivity index (χ4v) is 3.27. The highest BCUT2D eigenvalue weighted by atomic mass is 35.5. The van der Waals surface area contributed by atoms with E-state index < -0.39 is 0 Å². The van der Waals surface area contributed by atoms with Crippen LogP contribution in [-0.2, 0) is 16.1 Å². The molecule has 136 valence electrons. The second-order valence-electron chi connectivity index (χ2n) is 6.11. The molecule has 1 amide bonds. The number of carbonyl (C=O) groups excluding carboxylic acids is 1. The lowest BCUT2D eigenvalue weighted by Gasteiger charge is -2.31. The summed E-state index contributed by atoms with van der Waals surface area (Å²) in [5.41, 5.74) is 2.45. The van der Waals surface area contributed by atoms with E-state index in [1.54, 1.807) is 0 Å². The third-order valence-electron chi connectivity index (χ3n) is 4.54. The summed E-state index contributed by atoms with van der Waals surface area (Å²) in [5.74, 6) is 0.391. The highest BCUT2D eigenvalue weighted by Gasteiger charge is 2.26. The molecule has 2 saturated heterocycles. The average Bonchev–Trinajstić information content (AvgIpc) is 3.10. The maximum atomic E-state index is 12.5. The Kier molecular flexibility index (Phi) is 8.84. The number of para-hydroxylation sites is 1. The molecule has 1 aromatic rings. The molecule has 0 spiro atoms. The van der Waals surface area contributed by atoms with E-state index in [4.69, 9.17) is 4.74 Å². The van der Waals surface area contributed by atoms with Crippen LogP contribution in [0.25, 0.3) is 0 Å². The Bertz CT molecular complexity index is 518. The Morgan fingerprint density at radius 3 is 2.67 bits per heavy atom. The predicted molar refractivity (Wildman–Crippen MR) is 101 cm³/mol. The van der Waals surface area contributed by atoms with E-state index >= 15 is 0 Å². The first kappa shape index (κ1) is 21.0. The van der Waals surface area contributed by atoms with Gasteiger partial charge < -0.3 is 19.9 Å². The van der Waals surface area contributed by atoms with Crippen LogP contribution in [0.5, 0.6) is 0 Å². The molecule has 2 aliphatic rings. The van der Waals surface area contributed by atoms with Crippen LogP contribution in [0.15, 0.2) is 24.3 Å². The minimum absolute atomic E-state index is 0. The predicted octanol–water partition coefficient (Wildman–Crippen LogP) is 1.93. The molecule has 2 aliphatic heterocycles. The summed E-state index contributed by atoms with van der Waals surface area (Å²) in [7, 11) is 1.91. The molecule has 1 aromatic carbocycles. The molecular formula is C17H27Cl2N3O2. The van der Waals surface area contributed by atoms with Crippen molar-refractivity contribution in [2.24, 2.45) is 5.92 Å². The van der Waals surface area contributed by atoms with Crippen LogP contribution in [0.2, 0.25) is 0 Å². The maximum absolute atomic E-state index is 12.5. The van der Waals surface area contributed by atoms with Gasteiger partial charge in [-0.05, 0) is 24.6 Å². The Morgan fingerprint density at radius 2 is 2.00 bits per heavy atom. The number of morpholine rings is 1. The Hall–Kier alpha value is -1.01. The van der Waals surface area contributed by atoms with Crippen LogP contribution < -0.4 is 10.2 Å². The third-order valence-corrected chi connectivity index (χ3v) is 4.54. The number of benzene rings is 1. The number of hydrogen-bond acceptors (Lipinski definition) is 4. The number of halogens is 2. The highest BCUT2D eigenvalue weighted by Crippen LogP contribution is 2.23. The number of anilines is 1. The largest absolute Gasteiger partial charge is 0.378 e. The third kappa shape index (κ3) is 4.99. The molecule has 1 atom stereocenters. The number of hydrogen-bond donors (Lipinski definition) is 1. The zero-order chi connectivity index (χ0) is 15.4. The van der Waals surface area contributed by atoms with Crippen molar-refractivity contribution in [3.05, 3.63) is 29.8 Å². The van der Waals surface area contributed by atoms with Crippen molar-refractivity contribution in [2.45, 2.75) is 13.0 Å². The van der Waals surface area contributed by atoms with Crippen LogP contribution in [-0.4, -0.2) is 57.2 Å². The van der Waals surface area contributed by atoms with Gasteiger partial charge in [0, 0.05) is 38.9 Å². The fraction of sp³-hybridized carbons (Fsp3) is 0.588. The molecule has 1 N–H and O–H groups in total. The van der Waals surface area contributed by atoms with E-state index in [2.05, 4.69) is 34.5 Å². The van der Waals surface area contributed by atoms with E-state index in [1.807, 2.05) is 11.9 Å². The molecule has 24 heavy (non-hydrogen) atoms. The van der Waals surface area contributed by atoms with E-state index in [9.17, 15) is 4.79 Å². The Morgan fingerprint density at radius 1 is 1.29 bits per heavy atom. The smallest absolute Gasteiger partial charge is 0.227 e. The minimum Gasteiger partial charge on any atom is -0.378 e. The first-order valence-electron chi connectivity index (χ1n) is 8.12. The van der Waals surface area contributed by atoms with Crippen molar-refractivity contribution >= 4 is 36.4 Å². The lowest BCUT2D eigenvalue weighted by Crippen LogP contribution is -2.38.